The van der Waals surface area contributed by atoms with Gasteiger partial charge in [-0.15, -0.1) is 0 Å². The second kappa shape index (κ2) is 4.55. The van der Waals surface area contributed by atoms with Crippen LogP contribution in [0.3, 0.4) is 0 Å². The number of amides is 1. The molecular weight excluding hydrogens is 206 g/mol. The Hall–Kier alpha value is -1.52. The second-order valence-corrected chi connectivity index (χ2v) is 4.20. The van der Waals surface area contributed by atoms with E-state index in [1.165, 1.54) is 0 Å². The first-order valence-corrected chi connectivity index (χ1v) is 5.60. The van der Waals surface area contributed by atoms with Crippen LogP contribution in [0.5, 0.6) is 0 Å². The molecule has 0 radical (unpaired) electrons. The molecule has 5 heteroatoms. The van der Waals surface area contributed by atoms with Gasteiger partial charge in [0.2, 0.25) is 11.8 Å². The number of hydrogen-bond donors (Lipinski definition) is 2. The lowest BCUT2D eigenvalue weighted by molar-refractivity contribution is -0.116. The minimum absolute atomic E-state index is 0.0297. The Morgan fingerprint density at radius 3 is 3.12 bits per heavy atom. The van der Waals surface area contributed by atoms with Crippen LogP contribution in [0.1, 0.15) is 20.3 Å². The van der Waals surface area contributed by atoms with Crippen LogP contribution < -0.4 is 10.6 Å². The topological polar surface area (TPSA) is 62.7 Å². The van der Waals surface area contributed by atoms with Gasteiger partial charge in [0.05, 0.1) is 12.1 Å². The molecule has 2 N–H and O–H groups in total. The summed E-state index contributed by atoms with van der Waals surface area (Å²) >= 11 is 0. The fraction of sp³-hybridized carbons (Fsp3) is 0.636. The van der Waals surface area contributed by atoms with Gasteiger partial charge in [0.15, 0.2) is 0 Å². The molecule has 0 aromatic heterocycles. The minimum atomic E-state index is -0.0383. The highest BCUT2D eigenvalue weighted by molar-refractivity contribution is 5.89. The largest absolute Gasteiger partial charge is 0.477 e. The van der Waals surface area contributed by atoms with Gasteiger partial charge in [-0.1, -0.05) is 0 Å². The Kier molecular flexibility index (Phi) is 3.12. The summed E-state index contributed by atoms with van der Waals surface area (Å²) in [5.74, 6) is 0.697. The van der Waals surface area contributed by atoms with Gasteiger partial charge < -0.3 is 15.4 Å². The molecule has 2 rings (SSSR count). The summed E-state index contributed by atoms with van der Waals surface area (Å²) in [4.78, 5) is 15.5. The van der Waals surface area contributed by atoms with Crippen LogP contribution in [-0.2, 0) is 9.53 Å². The van der Waals surface area contributed by atoms with Gasteiger partial charge in [-0.2, -0.15) is 0 Å². The lowest BCUT2D eigenvalue weighted by Crippen LogP contribution is -2.38. The van der Waals surface area contributed by atoms with E-state index in [1.54, 1.807) is 6.08 Å². The molecule has 2 atom stereocenters. The van der Waals surface area contributed by atoms with Gasteiger partial charge >= 0.3 is 0 Å². The van der Waals surface area contributed by atoms with Gasteiger partial charge in [0.1, 0.15) is 6.61 Å². The number of hydrogen-bond acceptors (Lipinski definition) is 4. The van der Waals surface area contributed by atoms with E-state index in [4.69, 9.17) is 4.74 Å². The molecule has 0 aromatic carbocycles. The molecule has 88 valence electrons. The predicted octanol–water partition coefficient (Wildman–Crippen LogP) is 0.185. The van der Waals surface area contributed by atoms with Crippen LogP contribution in [-0.4, -0.2) is 37.0 Å². The molecule has 0 spiro atoms. The van der Waals surface area contributed by atoms with Crippen molar-refractivity contribution in [3.05, 3.63) is 11.8 Å². The van der Waals surface area contributed by atoms with E-state index >= 15 is 0 Å². The molecule has 2 unspecified atom stereocenters. The van der Waals surface area contributed by atoms with E-state index in [1.807, 2.05) is 13.8 Å². The molecular formula is C11H17N3O2. The molecule has 0 bridgehead atoms. The molecule has 0 saturated heterocycles. The van der Waals surface area contributed by atoms with Crippen LogP contribution in [0.15, 0.2) is 16.8 Å². The van der Waals surface area contributed by atoms with Crippen LogP contribution in [0.4, 0.5) is 0 Å². The SMILES string of the molecule is CC1COC(C(C)NC2=CC(=O)NCC2)=N1. The smallest absolute Gasteiger partial charge is 0.245 e. The van der Waals surface area contributed by atoms with Crippen LogP contribution in [0.25, 0.3) is 0 Å². The number of carbonyl (C=O) groups is 1. The maximum Gasteiger partial charge on any atom is 0.245 e. The standard InChI is InChI=1S/C11H17N3O2/c1-7-6-16-11(13-7)8(2)14-9-3-4-12-10(15)5-9/h5,7-8,14H,3-4,6H2,1-2H3,(H,12,15). The quantitative estimate of drug-likeness (QED) is 0.717. The Morgan fingerprint density at radius 1 is 1.69 bits per heavy atom. The van der Waals surface area contributed by atoms with Crippen molar-refractivity contribution in [2.24, 2.45) is 4.99 Å². The van der Waals surface area contributed by atoms with Crippen molar-refractivity contribution in [3.8, 4) is 0 Å². The van der Waals surface area contributed by atoms with Crippen molar-refractivity contribution >= 4 is 11.8 Å². The first kappa shape index (κ1) is 11.0. The Balaban J connectivity index is 1.94. The lowest BCUT2D eigenvalue weighted by Gasteiger charge is -2.20. The Morgan fingerprint density at radius 2 is 2.50 bits per heavy atom. The Bertz CT molecular complexity index is 349. The van der Waals surface area contributed by atoms with E-state index < -0.39 is 0 Å². The normalized spacial score (nSPS) is 26.4. The molecule has 1 amide bonds. The van der Waals surface area contributed by atoms with Gasteiger partial charge in [-0.25, -0.2) is 4.99 Å². The third-order valence-corrected chi connectivity index (χ3v) is 2.59. The molecule has 5 nitrogen and oxygen atoms in total. The van der Waals surface area contributed by atoms with E-state index in [-0.39, 0.29) is 18.0 Å². The highest BCUT2D eigenvalue weighted by atomic mass is 16.5. The van der Waals surface area contributed by atoms with Crippen LogP contribution in [0.2, 0.25) is 0 Å². The molecule has 0 saturated carbocycles. The molecule has 2 aliphatic heterocycles. The van der Waals surface area contributed by atoms with Gasteiger partial charge in [0, 0.05) is 24.7 Å². The summed E-state index contributed by atoms with van der Waals surface area (Å²) in [6.07, 6.45) is 2.43. The summed E-state index contributed by atoms with van der Waals surface area (Å²) in [5, 5.41) is 6.00. The Labute approximate surface area is 95.0 Å². The zero-order valence-corrected chi connectivity index (χ0v) is 9.62. The fourth-order valence-electron chi connectivity index (χ4n) is 1.79. The maximum absolute atomic E-state index is 11.1. The van der Waals surface area contributed by atoms with E-state index in [0.29, 0.717) is 13.2 Å². The van der Waals surface area contributed by atoms with Crippen molar-refractivity contribution in [3.63, 3.8) is 0 Å². The lowest BCUT2D eigenvalue weighted by atomic mass is 10.2. The average molecular weight is 223 g/mol. The molecule has 0 aromatic rings. The van der Waals surface area contributed by atoms with E-state index in [9.17, 15) is 4.79 Å². The number of carbonyl (C=O) groups excluding carboxylic acids is 1. The highest BCUT2D eigenvalue weighted by Gasteiger charge is 2.21. The zero-order chi connectivity index (χ0) is 11.5. The average Bonchev–Trinajstić information content (AvgIpc) is 2.65. The van der Waals surface area contributed by atoms with Gasteiger partial charge in [-0.05, 0) is 13.8 Å². The zero-order valence-electron chi connectivity index (χ0n) is 9.62. The third-order valence-electron chi connectivity index (χ3n) is 2.59. The summed E-state index contributed by atoms with van der Waals surface area (Å²) in [6.45, 7) is 5.35. The van der Waals surface area contributed by atoms with E-state index in [0.717, 1.165) is 18.0 Å². The molecule has 0 aliphatic carbocycles. The number of rotatable bonds is 3. The highest BCUT2D eigenvalue weighted by Crippen LogP contribution is 2.09. The number of ether oxygens (including phenoxy) is 1. The predicted molar refractivity (Wildman–Crippen MR) is 61.2 cm³/mol. The fourth-order valence-corrected chi connectivity index (χ4v) is 1.79. The third kappa shape index (κ3) is 2.53. The minimum Gasteiger partial charge on any atom is -0.477 e. The monoisotopic (exact) mass is 223 g/mol. The first-order chi connectivity index (χ1) is 7.65. The number of nitrogens with zero attached hydrogens (tertiary/aromatic N) is 1. The second-order valence-electron chi connectivity index (χ2n) is 4.20. The van der Waals surface area contributed by atoms with Crippen molar-refractivity contribution in [2.75, 3.05) is 13.2 Å². The molecule has 2 heterocycles. The van der Waals surface area contributed by atoms with Crippen molar-refractivity contribution in [1.29, 1.82) is 0 Å². The summed E-state index contributed by atoms with van der Waals surface area (Å²) in [7, 11) is 0. The van der Waals surface area contributed by atoms with Crippen LogP contribution in [0, 0.1) is 0 Å². The van der Waals surface area contributed by atoms with Crippen molar-refractivity contribution in [2.45, 2.75) is 32.4 Å². The first-order valence-electron chi connectivity index (χ1n) is 5.60. The van der Waals surface area contributed by atoms with Gasteiger partial charge in [-0.3, -0.25) is 4.79 Å². The maximum atomic E-state index is 11.1. The van der Waals surface area contributed by atoms with Crippen molar-refractivity contribution in [1.82, 2.24) is 10.6 Å². The molecule has 2 aliphatic rings. The molecule has 0 fully saturated rings. The summed E-state index contributed by atoms with van der Waals surface area (Å²) < 4.78 is 5.46. The summed E-state index contributed by atoms with van der Waals surface area (Å²) in [6, 6.07) is 0.269. The van der Waals surface area contributed by atoms with Crippen LogP contribution >= 0.6 is 0 Å². The number of nitrogens with one attached hydrogen (secondary N) is 2. The van der Waals surface area contributed by atoms with E-state index in [2.05, 4.69) is 15.6 Å². The number of aliphatic imine (C=N–C) groups is 1. The van der Waals surface area contributed by atoms with Gasteiger partial charge in [0.25, 0.3) is 0 Å². The molecule has 16 heavy (non-hydrogen) atoms. The van der Waals surface area contributed by atoms with Crippen molar-refractivity contribution < 1.29 is 9.53 Å². The summed E-state index contributed by atoms with van der Waals surface area (Å²) in [5.41, 5.74) is 0.946.